The second kappa shape index (κ2) is 5.43. The molecule has 3 aromatic carbocycles. The number of amidine groups is 1. The van der Waals surface area contributed by atoms with Crippen LogP contribution in [0.25, 0.3) is 10.8 Å². The summed E-state index contributed by atoms with van der Waals surface area (Å²) >= 11 is 0. The van der Waals surface area contributed by atoms with E-state index in [9.17, 15) is 0 Å². The first-order valence-corrected chi connectivity index (χ1v) is 7.85. The number of rotatable bonds is 3. The van der Waals surface area contributed by atoms with Gasteiger partial charge in [-0.1, -0.05) is 24.3 Å². The minimum absolute atomic E-state index is 0.176. The Hall–Kier alpha value is -2.81. The van der Waals surface area contributed by atoms with E-state index in [4.69, 9.17) is 9.73 Å². The van der Waals surface area contributed by atoms with E-state index in [1.165, 1.54) is 10.8 Å². The molecule has 3 aromatic rings. The molecule has 0 aliphatic carbocycles. The van der Waals surface area contributed by atoms with Crippen molar-refractivity contribution in [3.8, 4) is 5.75 Å². The van der Waals surface area contributed by atoms with Crippen LogP contribution in [0.15, 0.2) is 65.7 Å². The van der Waals surface area contributed by atoms with Gasteiger partial charge in [0.25, 0.3) is 0 Å². The Morgan fingerprint density at radius 1 is 0.913 bits per heavy atom. The van der Waals surface area contributed by atoms with Gasteiger partial charge in [0, 0.05) is 16.6 Å². The van der Waals surface area contributed by atoms with Crippen LogP contribution >= 0.6 is 0 Å². The number of nitrogens with zero attached hydrogens (tertiary/aromatic N) is 1. The van der Waals surface area contributed by atoms with Gasteiger partial charge in [-0.3, -0.25) is 0 Å². The predicted octanol–water partition coefficient (Wildman–Crippen LogP) is 5.13. The van der Waals surface area contributed by atoms with E-state index in [1.54, 1.807) is 0 Å². The Morgan fingerprint density at radius 2 is 1.65 bits per heavy atom. The number of nitrogens with one attached hydrogen (secondary N) is 1. The fraction of sp³-hybridized carbons (Fsp3) is 0.150. The molecule has 0 amide bonds. The number of benzene rings is 3. The van der Waals surface area contributed by atoms with Crippen molar-refractivity contribution in [2.45, 2.75) is 20.0 Å². The van der Waals surface area contributed by atoms with Crippen molar-refractivity contribution < 1.29 is 4.74 Å². The molecule has 0 saturated heterocycles. The number of aliphatic imine (C=N–C) groups is 1. The normalized spacial score (nSPS) is 12.9. The molecule has 114 valence electrons. The van der Waals surface area contributed by atoms with Crippen LogP contribution in [0.1, 0.15) is 19.4 Å². The third-order valence-electron chi connectivity index (χ3n) is 3.87. The summed E-state index contributed by atoms with van der Waals surface area (Å²) in [6.45, 7) is 4.05. The molecule has 0 unspecified atom stereocenters. The molecule has 0 fully saturated rings. The highest BCUT2D eigenvalue weighted by Crippen LogP contribution is 2.36. The molecule has 0 saturated carbocycles. The van der Waals surface area contributed by atoms with Crippen LogP contribution in [0.4, 0.5) is 11.4 Å². The van der Waals surface area contributed by atoms with Crippen LogP contribution in [0.3, 0.4) is 0 Å². The Labute approximate surface area is 135 Å². The fourth-order valence-corrected chi connectivity index (χ4v) is 2.89. The molecule has 3 nitrogen and oxygen atoms in total. The van der Waals surface area contributed by atoms with Gasteiger partial charge in [0.1, 0.15) is 11.6 Å². The van der Waals surface area contributed by atoms with Gasteiger partial charge in [-0.05, 0) is 55.6 Å². The fourth-order valence-electron chi connectivity index (χ4n) is 2.89. The van der Waals surface area contributed by atoms with Gasteiger partial charge >= 0.3 is 0 Å². The van der Waals surface area contributed by atoms with Gasteiger partial charge < -0.3 is 10.1 Å². The molecule has 0 bridgehead atoms. The van der Waals surface area contributed by atoms with Crippen LogP contribution in [0, 0.1) is 0 Å². The van der Waals surface area contributed by atoms with Gasteiger partial charge in [0.15, 0.2) is 0 Å². The Kier molecular flexibility index (Phi) is 3.27. The number of anilines is 1. The van der Waals surface area contributed by atoms with Gasteiger partial charge in [-0.25, -0.2) is 4.99 Å². The van der Waals surface area contributed by atoms with Gasteiger partial charge in [0.2, 0.25) is 0 Å². The predicted molar refractivity (Wildman–Crippen MR) is 96.0 cm³/mol. The summed E-state index contributed by atoms with van der Waals surface area (Å²) in [6, 6.07) is 20.5. The summed E-state index contributed by atoms with van der Waals surface area (Å²) in [5.41, 5.74) is 3.16. The molecule has 23 heavy (non-hydrogen) atoms. The Bertz CT molecular complexity index is 890. The first-order chi connectivity index (χ1) is 11.2. The molecule has 1 aliphatic rings. The first kappa shape index (κ1) is 13.8. The molecule has 0 spiro atoms. The lowest BCUT2D eigenvalue weighted by atomic mass is 10.0. The van der Waals surface area contributed by atoms with Crippen molar-refractivity contribution in [1.29, 1.82) is 0 Å². The summed E-state index contributed by atoms with van der Waals surface area (Å²) in [4.78, 5) is 4.79. The molecule has 1 N–H and O–H groups in total. The average Bonchev–Trinajstić information content (AvgIpc) is 2.55. The van der Waals surface area contributed by atoms with E-state index in [0.717, 1.165) is 28.5 Å². The van der Waals surface area contributed by atoms with E-state index >= 15 is 0 Å². The van der Waals surface area contributed by atoms with Crippen LogP contribution in [0.5, 0.6) is 5.75 Å². The largest absolute Gasteiger partial charge is 0.491 e. The van der Waals surface area contributed by atoms with E-state index in [2.05, 4.69) is 35.6 Å². The van der Waals surface area contributed by atoms with Crippen molar-refractivity contribution in [3.05, 3.63) is 66.2 Å². The SMILES string of the molecule is CC(C)Oc1ccc(C2=Nc3cccc4cccc(c34)N2)cc1. The number of hydrogen-bond donors (Lipinski definition) is 1. The van der Waals surface area contributed by atoms with Crippen molar-refractivity contribution >= 4 is 28.0 Å². The molecule has 0 aromatic heterocycles. The maximum atomic E-state index is 5.70. The first-order valence-electron chi connectivity index (χ1n) is 7.85. The van der Waals surface area contributed by atoms with Crippen LogP contribution < -0.4 is 10.1 Å². The maximum absolute atomic E-state index is 5.70. The van der Waals surface area contributed by atoms with Crippen LogP contribution in [-0.2, 0) is 0 Å². The number of hydrogen-bond acceptors (Lipinski definition) is 3. The molecule has 0 atom stereocenters. The van der Waals surface area contributed by atoms with Crippen molar-refractivity contribution in [1.82, 2.24) is 0 Å². The highest BCUT2D eigenvalue weighted by atomic mass is 16.5. The van der Waals surface area contributed by atoms with Crippen LogP contribution in [-0.4, -0.2) is 11.9 Å². The summed E-state index contributed by atoms with van der Waals surface area (Å²) in [5.74, 6) is 1.75. The van der Waals surface area contributed by atoms with Gasteiger partial charge in [-0.2, -0.15) is 0 Å². The third-order valence-corrected chi connectivity index (χ3v) is 3.87. The van der Waals surface area contributed by atoms with Crippen molar-refractivity contribution in [2.24, 2.45) is 4.99 Å². The lowest BCUT2D eigenvalue weighted by molar-refractivity contribution is 0.242. The monoisotopic (exact) mass is 302 g/mol. The highest BCUT2D eigenvalue weighted by Gasteiger charge is 2.15. The van der Waals surface area contributed by atoms with E-state index < -0.39 is 0 Å². The third kappa shape index (κ3) is 2.55. The Morgan fingerprint density at radius 3 is 2.39 bits per heavy atom. The molecule has 3 heteroatoms. The minimum Gasteiger partial charge on any atom is -0.491 e. The highest BCUT2D eigenvalue weighted by molar-refractivity contribution is 6.18. The number of ether oxygens (including phenoxy) is 1. The molecule has 4 rings (SSSR count). The average molecular weight is 302 g/mol. The van der Waals surface area contributed by atoms with Crippen LogP contribution in [0.2, 0.25) is 0 Å². The zero-order valence-electron chi connectivity index (χ0n) is 13.2. The van der Waals surface area contributed by atoms with E-state index in [0.29, 0.717) is 0 Å². The molecule has 0 radical (unpaired) electrons. The van der Waals surface area contributed by atoms with E-state index in [-0.39, 0.29) is 6.10 Å². The Balaban J connectivity index is 1.73. The lowest BCUT2D eigenvalue weighted by Gasteiger charge is -2.19. The zero-order chi connectivity index (χ0) is 15.8. The zero-order valence-corrected chi connectivity index (χ0v) is 13.2. The van der Waals surface area contributed by atoms with Gasteiger partial charge in [0.05, 0.1) is 11.8 Å². The molecular weight excluding hydrogens is 284 g/mol. The second-order valence-corrected chi connectivity index (χ2v) is 5.96. The summed E-state index contributed by atoms with van der Waals surface area (Å²) in [6.07, 6.45) is 0.176. The minimum atomic E-state index is 0.176. The summed E-state index contributed by atoms with van der Waals surface area (Å²) in [5, 5.41) is 5.83. The van der Waals surface area contributed by atoms with Gasteiger partial charge in [-0.15, -0.1) is 0 Å². The van der Waals surface area contributed by atoms with Crippen molar-refractivity contribution in [3.63, 3.8) is 0 Å². The summed E-state index contributed by atoms with van der Waals surface area (Å²) < 4.78 is 5.70. The smallest absolute Gasteiger partial charge is 0.138 e. The lowest BCUT2D eigenvalue weighted by Crippen LogP contribution is -2.16. The quantitative estimate of drug-likeness (QED) is 0.727. The second-order valence-electron chi connectivity index (χ2n) is 5.96. The molecule has 1 heterocycles. The van der Waals surface area contributed by atoms with E-state index in [1.807, 2.05) is 44.2 Å². The topological polar surface area (TPSA) is 33.6 Å². The summed E-state index contributed by atoms with van der Waals surface area (Å²) in [7, 11) is 0. The van der Waals surface area contributed by atoms with Crippen molar-refractivity contribution in [2.75, 3.05) is 5.32 Å². The standard InChI is InChI=1S/C20H18N2O/c1-13(2)23-16-11-9-15(10-12-16)20-21-17-7-3-5-14-6-4-8-18(22-20)19(14)17/h3-13H,1-2H3,(H,21,22). The molecule has 1 aliphatic heterocycles. The molecular formula is C20H18N2O. The maximum Gasteiger partial charge on any atom is 0.138 e.